The van der Waals surface area contributed by atoms with Crippen molar-refractivity contribution in [3.8, 4) is 0 Å². The van der Waals surface area contributed by atoms with Crippen LogP contribution in [0.4, 0.5) is 10.1 Å². The lowest BCUT2D eigenvalue weighted by Crippen LogP contribution is -2.19. The highest BCUT2D eigenvalue weighted by molar-refractivity contribution is 5.88. The van der Waals surface area contributed by atoms with Gasteiger partial charge >= 0.3 is 5.97 Å². The minimum Gasteiger partial charge on any atom is -0.478 e. The van der Waals surface area contributed by atoms with E-state index >= 15 is 0 Å². The van der Waals surface area contributed by atoms with E-state index in [0.717, 1.165) is 11.8 Å². The summed E-state index contributed by atoms with van der Waals surface area (Å²) >= 11 is 0. The molecule has 0 fully saturated rings. The molecule has 0 amide bonds. The van der Waals surface area contributed by atoms with Crippen LogP contribution in [0.3, 0.4) is 0 Å². The van der Waals surface area contributed by atoms with E-state index in [1.165, 1.54) is 12.1 Å². The normalized spacial score (nSPS) is 10.2. The molecule has 1 aromatic carbocycles. The largest absolute Gasteiger partial charge is 0.478 e. The third kappa shape index (κ3) is 3.07. The van der Waals surface area contributed by atoms with Gasteiger partial charge in [0.15, 0.2) is 0 Å². The number of carboxylic acid groups (broad SMARTS) is 1. The molecule has 0 unspecified atom stereocenters. The molecule has 0 atom stereocenters. The van der Waals surface area contributed by atoms with Crippen LogP contribution in [0.25, 0.3) is 0 Å². The second kappa shape index (κ2) is 5.48. The Kier molecular flexibility index (Phi) is 3.75. The number of anilines is 1. The van der Waals surface area contributed by atoms with E-state index in [1.54, 1.807) is 24.2 Å². The maximum absolute atomic E-state index is 13.7. The topological polar surface area (TPSA) is 53.4 Å². The number of halogens is 1. The van der Waals surface area contributed by atoms with E-state index in [1.807, 2.05) is 12.1 Å². The highest BCUT2D eigenvalue weighted by Crippen LogP contribution is 2.21. The predicted octanol–water partition coefficient (Wildman–Crippen LogP) is 2.56. The van der Waals surface area contributed by atoms with Crippen molar-refractivity contribution in [2.75, 3.05) is 11.9 Å². The molecule has 2 aromatic rings. The van der Waals surface area contributed by atoms with Crippen LogP contribution in [0.15, 0.2) is 42.6 Å². The number of nitrogens with zero attached hydrogens (tertiary/aromatic N) is 2. The predicted molar refractivity (Wildman–Crippen MR) is 69.7 cm³/mol. The second-order valence-electron chi connectivity index (χ2n) is 4.15. The Hall–Kier alpha value is -2.43. The Morgan fingerprint density at radius 3 is 2.79 bits per heavy atom. The molecular formula is C14H13FN2O2. The van der Waals surface area contributed by atoms with Crippen LogP contribution in [0.5, 0.6) is 0 Å². The van der Waals surface area contributed by atoms with Gasteiger partial charge in [0.25, 0.3) is 0 Å². The molecule has 0 saturated heterocycles. The summed E-state index contributed by atoms with van der Waals surface area (Å²) in [6, 6.07) is 9.20. The zero-order chi connectivity index (χ0) is 13.8. The molecule has 0 aliphatic rings. The highest BCUT2D eigenvalue weighted by Gasteiger charge is 2.12. The van der Waals surface area contributed by atoms with Gasteiger partial charge in [-0.3, -0.25) is 4.98 Å². The van der Waals surface area contributed by atoms with Crippen molar-refractivity contribution >= 4 is 11.7 Å². The SMILES string of the molecule is CN(Cc1ccccn1)c1cc(C(=O)O)ccc1F. The minimum absolute atomic E-state index is 0.0595. The van der Waals surface area contributed by atoms with Crippen molar-refractivity contribution in [2.45, 2.75) is 6.54 Å². The average molecular weight is 260 g/mol. The van der Waals surface area contributed by atoms with Crippen LogP contribution in [-0.2, 0) is 6.54 Å². The molecule has 0 spiro atoms. The molecule has 1 heterocycles. The maximum Gasteiger partial charge on any atom is 0.335 e. The van der Waals surface area contributed by atoms with Gasteiger partial charge in [0, 0.05) is 13.2 Å². The summed E-state index contributed by atoms with van der Waals surface area (Å²) in [5, 5.41) is 8.92. The van der Waals surface area contributed by atoms with E-state index < -0.39 is 11.8 Å². The zero-order valence-corrected chi connectivity index (χ0v) is 10.4. The fourth-order valence-corrected chi connectivity index (χ4v) is 1.76. The van der Waals surface area contributed by atoms with Crippen molar-refractivity contribution in [1.29, 1.82) is 0 Å². The summed E-state index contributed by atoms with van der Waals surface area (Å²) in [6.45, 7) is 0.404. The van der Waals surface area contributed by atoms with Gasteiger partial charge < -0.3 is 10.0 Å². The number of aromatic nitrogens is 1. The second-order valence-corrected chi connectivity index (χ2v) is 4.15. The van der Waals surface area contributed by atoms with Gasteiger partial charge in [-0.1, -0.05) is 6.07 Å². The van der Waals surface area contributed by atoms with Gasteiger partial charge in [0.2, 0.25) is 0 Å². The first-order valence-electron chi connectivity index (χ1n) is 5.72. The van der Waals surface area contributed by atoms with E-state index in [4.69, 9.17) is 5.11 Å². The number of hydrogen-bond donors (Lipinski definition) is 1. The quantitative estimate of drug-likeness (QED) is 0.917. The number of benzene rings is 1. The summed E-state index contributed by atoms with van der Waals surface area (Å²) in [4.78, 5) is 16.7. The van der Waals surface area contributed by atoms with Crippen LogP contribution in [-0.4, -0.2) is 23.1 Å². The molecule has 0 aliphatic heterocycles. The molecule has 5 heteroatoms. The molecule has 98 valence electrons. The van der Waals surface area contributed by atoms with Gasteiger partial charge in [0.05, 0.1) is 23.5 Å². The highest BCUT2D eigenvalue weighted by atomic mass is 19.1. The van der Waals surface area contributed by atoms with Crippen molar-refractivity contribution < 1.29 is 14.3 Å². The number of aromatic carboxylic acids is 1. The molecule has 1 N–H and O–H groups in total. The Labute approximate surface area is 110 Å². The van der Waals surface area contributed by atoms with E-state index in [-0.39, 0.29) is 11.3 Å². The first-order chi connectivity index (χ1) is 9.08. The summed E-state index contributed by atoms with van der Waals surface area (Å²) in [6.07, 6.45) is 1.66. The summed E-state index contributed by atoms with van der Waals surface area (Å²) in [5.74, 6) is -1.53. The van der Waals surface area contributed by atoms with Crippen LogP contribution in [0.2, 0.25) is 0 Å². The molecule has 0 radical (unpaired) electrons. The van der Waals surface area contributed by atoms with E-state index in [0.29, 0.717) is 6.54 Å². The van der Waals surface area contributed by atoms with Gasteiger partial charge in [-0.05, 0) is 30.3 Å². The Balaban J connectivity index is 2.25. The van der Waals surface area contributed by atoms with Crippen molar-refractivity contribution in [1.82, 2.24) is 4.98 Å². The molecule has 0 saturated carbocycles. The Morgan fingerprint density at radius 1 is 1.37 bits per heavy atom. The van der Waals surface area contributed by atoms with Crippen molar-refractivity contribution in [2.24, 2.45) is 0 Å². The molecule has 19 heavy (non-hydrogen) atoms. The van der Waals surface area contributed by atoms with Crippen molar-refractivity contribution in [3.63, 3.8) is 0 Å². The standard InChI is InChI=1S/C14H13FN2O2/c1-17(9-11-4-2-3-7-16-11)13-8-10(14(18)19)5-6-12(13)15/h2-8H,9H2,1H3,(H,18,19). The third-order valence-corrected chi connectivity index (χ3v) is 2.73. The fourth-order valence-electron chi connectivity index (χ4n) is 1.76. The zero-order valence-electron chi connectivity index (χ0n) is 10.4. The molecule has 1 aromatic heterocycles. The third-order valence-electron chi connectivity index (χ3n) is 2.73. The lowest BCUT2D eigenvalue weighted by Gasteiger charge is -2.19. The smallest absolute Gasteiger partial charge is 0.335 e. The van der Waals surface area contributed by atoms with Crippen LogP contribution >= 0.6 is 0 Å². The number of carbonyl (C=O) groups is 1. The number of carboxylic acids is 1. The lowest BCUT2D eigenvalue weighted by molar-refractivity contribution is 0.0697. The lowest BCUT2D eigenvalue weighted by atomic mass is 10.2. The average Bonchev–Trinajstić information content (AvgIpc) is 2.40. The minimum atomic E-state index is -1.08. The van der Waals surface area contributed by atoms with Crippen LogP contribution in [0, 0.1) is 5.82 Å². The first-order valence-corrected chi connectivity index (χ1v) is 5.72. The number of rotatable bonds is 4. The molecule has 0 bridgehead atoms. The summed E-state index contributed by atoms with van der Waals surface area (Å²) < 4.78 is 13.7. The molecular weight excluding hydrogens is 247 g/mol. The number of hydrogen-bond acceptors (Lipinski definition) is 3. The first kappa shape index (κ1) is 13.0. The molecule has 0 aliphatic carbocycles. The Bertz CT molecular complexity index is 587. The summed E-state index contributed by atoms with van der Waals surface area (Å²) in [7, 11) is 1.69. The maximum atomic E-state index is 13.7. The van der Waals surface area contributed by atoms with Gasteiger partial charge in [-0.15, -0.1) is 0 Å². The molecule has 4 nitrogen and oxygen atoms in total. The van der Waals surface area contributed by atoms with Gasteiger partial charge in [0.1, 0.15) is 5.82 Å². The monoisotopic (exact) mass is 260 g/mol. The fraction of sp³-hybridized carbons (Fsp3) is 0.143. The molecule has 2 rings (SSSR count). The number of pyridine rings is 1. The van der Waals surface area contributed by atoms with Gasteiger partial charge in [-0.2, -0.15) is 0 Å². The van der Waals surface area contributed by atoms with Gasteiger partial charge in [-0.25, -0.2) is 9.18 Å². The van der Waals surface area contributed by atoms with E-state index in [2.05, 4.69) is 4.98 Å². The van der Waals surface area contributed by atoms with Crippen LogP contribution in [0.1, 0.15) is 16.1 Å². The van der Waals surface area contributed by atoms with Crippen LogP contribution < -0.4 is 4.90 Å². The van der Waals surface area contributed by atoms with E-state index in [9.17, 15) is 9.18 Å². The Morgan fingerprint density at radius 2 is 2.16 bits per heavy atom. The summed E-state index contributed by atoms with van der Waals surface area (Å²) in [5.41, 5.74) is 1.08. The van der Waals surface area contributed by atoms with Crippen molar-refractivity contribution in [3.05, 3.63) is 59.7 Å².